The average molecular weight is 551 g/mol. The number of urea groups is 1. The van der Waals surface area contributed by atoms with Gasteiger partial charge in [-0.2, -0.15) is 0 Å². The van der Waals surface area contributed by atoms with Crippen LogP contribution in [-0.4, -0.2) is 60.1 Å². The Morgan fingerprint density at radius 3 is 2.56 bits per heavy atom. The van der Waals surface area contributed by atoms with Crippen molar-refractivity contribution in [2.45, 2.75) is 37.5 Å². The minimum Gasteiger partial charge on any atom is -0.497 e. The summed E-state index contributed by atoms with van der Waals surface area (Å²) in [6.07, 6.45) is 2.40. The number of rotatable bonds is 6. The smallest absolute Gasteiger partial charge is 0.332 e. The normalized spacial score (nSPS) is 21.7. The molecule has 4 heterocycles. The Morgan fingerprint density at radius 1 is 1.05 bits per heavy atom. The van der Waals surface area contributed by atoms with E-state index >= 15 is 0 Å². The molecule has 0 aliphatic carbocycles. The largest absolute Gasteiger partial charge is 0.497 e. The zero-order valence-corrected chi connectivity index (χ0v) is 22.6. The first-order chi connectivity index (χ1) is 20.0. The van der Waals surface area contributed by atoms with Crippen LogP contribution < -0.4 is 15.0 Å². The lowest BCUT2D eigenvalue weighted by Gasteiger charge is -2.36. The van der Waals surface area contributed by atoms with Gasteiger partial charge in [0.1, 0.15) is 17.8 Å². The van der Waals surface area contributed by atoms with Crippen molar-refractivity contribution >= 4 is 34.4 Å². The molecule has 0 saturated carbocycles. The number of H-pyrrole nitrogens is 1. The van der Waals surface area contributed by atoms with E-state index in [-0.39, 0.29) is 23.9 Å². The number of anilines is 1. The highest BCUT2D eigenvalue weighted by Crippen LogP contribution is 2.45. The van der Waals surface area contributed by atoms with Gasteiger partial charge in [-0.1, -0.05) is 30.3 Å². The molecule has 41 heavy (non-hydrogen) atoms. The number of nitrogens with zero attached hydrogens (tertiary/aromatic N) is 2. The van der Waals surface area contributed by atoms with Crippen LogP contribution in [0.5, 0.6) is 5.75 Å². The molecule has 3 aliphatic heterocycles. The van der Waals surface area contributed by atoms with Crippen LogP contribution in [0.2, 0.25) is 0 Å². The summed E-state index contributed by atoms with van der Waals surface area (Å²) in [4.78, 5) is 47.1. The van der Waals surface area contributed by atoms with Gasteiger partial charge in [0, 0.05) is 41.7 Å². The molecule has 2 saturated heterocycles. The third kappa shape index (κ3) is 4.24. The first-order valence-electron chi connectivity index (χ1n) is 13.9. The molecular formula is C32H30N4O5. The highest BCUT2D eigenvalue weighted by atomic mass is 16.5. The molecule has 9 heteroatoms. The Bertz CT molecular complexity index is 1640. The second kappa shape index (κ2) is 10.1. The van der Waals surface area contributed by atoms with E-state index in [0.717, 1.165) is 47.2 Å². The zero-order valence-electron chi connectivity index (χ0n) is 22.6. The van der Waals surface area contributed by atoms with Gasteiger partial charge in [-0.05, 0) is 66.4 Å². The number of para-hydroxylation sites is 1. The Labute approximate surface area is 237 Å². The molecule has 9 nitrogen and oxygen atoms in total. The van der Waals surface area contributed by atoms with E-state index in [4.69, 9.17) is 9.47 Å². The monoisotopic (exact) mass is 550 g/mol. The summed E-state index contributed by atoms with van der Waals surface area (Å²) < 4.78 is 10.9. The fourth-order valence-corrected chi connectivity index (χ4v) is 6.32. The molecule has 1 aromatic heterocycles. The second-order valence-corrected chi connectivity index (χ2v) is 10.7. The summed E-state index contributed by atoms with van der Waals surface area (Å²) in [5.74, 6) is 0.219. The molecular weight excluding hydrogens is 520 g/mol. The van der Waals surface area contributed by atoms with E-state index in [1.54, 1.807) is 36.3 Å². The summed E-state index contributed by atoms with van der Waals surface area (Å²) in [5, 5.41) is 3.96. The highest BCUT2D eigenvalue weighted by molar-refractivity contribution is 6.22. The maximum Gasteiger partial charge on any atom is 0.332 e. The van der Waals surface area contributed by atoms with Gasteiger partial charge < -0.3 is 19.8 Å². The molecule has 208 valence electrons. The summed E-state index contributed by atoms with van der Waals surface area (Å²) in [7, 11) is 1.61. The lowest BCUT2D eigenvalue weighted by molar-refractivity contribution is -0.120. The predicted octanol–water partition coefficient (Wildman–Crippen LogP) is 4.57. The van der Waals surface area contributed by atoms with Gasteiger partial charge in [-0.3, -0.25) is 14.5 Å². The lowest BCUT2D eigenvalue weighted by atomic mass is 9.89. The Balaban J connectivity index is 1.21. The Kier molecular flexibility index (Phi) is 6.23. The van der Waals surface area contributed by atoms with E-state index in [0.29, 0.717) is 30.0 Å². The SMILES string of the molecule is COc1ccc(C2c3[nH]c4ccccc4c3C[C@H]3C(=O)N(c4ccc(C(=O)NCC5CCCO5)cc4)C(=O)N23)cc1. The topological polar surface area (TPSA) is 104 Å². The van der Waals surface area contributed by atoms with E-state index < -0.39 is 12.1 Å². The molecule has 2 fully saturated rings. The number of carbonyl (C=O) groups is 3. The number of nitrogens with one attached hydrogen (secondary N) is 2. The average Bonchev–Trinajstić information content (AvgIpc) is 3.72. The fraction of sp³-hybridized carbons (Fsp3) is 0.281. The number of imide groups is 1. The number of ether oxygens (including phenoxy) is 2. The van der Waals surface area contributed by atoms with E-state index in [9.17, 15) is 14.4 Å². The zero-order chi connectivity index (χ0) is 28.1. The predicted molar refractivity (Wildman–Crippen MR) is 153 cm³/mol. The number of hydrogen-bond acceptors (Lipinski definition) is 5. The summed E-state index contributed by atoms with van der Waals surface area (Å²) >= 11 is 0. The minimum atomic E-state index is -0.657. The third-order valence-electron chi connectivity index (χ3n) is 8.38. The van der Waals surface area contributed by atoms with Gasteiger partial charge in [0.05, 0.1) is 18.9 Å². The standard InChI is InChI=1S/C32H30N4O5/c1-40-22-14-10-19(11-15-22)29-28-25(24-6-2-3-7-26(24)34-28)17-27-31(38)35(32(39)36(27)29)21-12-8-20(9-13-21)30(37)33-18-23-5-4-16-41-23/h2-3,6-15,23,27,29,34H,4-5,16-18H2,1H3,(H,33,37)/t23?,27-,29?/m0/s1. The fourth-order valence-electron chi connectivity index (χ4n) is 6.32. The number of aromatic nitrogens is 1. The number of amides is 4. The van der Waals surface area contributed by atoms with E-state index in [2.05, 4.69) is 10.3 Å². The van der Waals surface area contributed by atoms with Crippen molar-refractivity contribution in [1.82, 2.24) is 15.2 Å². The number of methoxy groups -OCH3 is 1. The first-order valence-corrected chi connectivity index (χ1v) is 13.9. The van der Waals surface area contributed by atoms with Crippen LogP contribution in [0, 0.1) is 0 Å². The molecule has 7 rings (SSSR count). The maximum atomic E-state index is 14.0. The van der Waals surface area contributed by atoms with E-state index in [1.165, 1.54) is 4.90 Å². The van der Waals surface area contributed by atoms with Gasteiger partial charge in [0.2, 0.25) is 0 Å². The van der Waals surface area contributed by atoms with Crippen LogP contribution >= 0.6 is 0 Å². The quantitative estimate of drug-likeness (QED) is 0.343. The Hall–Kier alpha value is -4.63. The van der Waals surface area contributed by atoms with Crippen molar-refractivity contribution in [2.24, 2.45) is 0 Å². The Morgan fingerprint density at radius 2 is 1.83 bits per heavy atom. The van der Waals surface area contributed by atoms with Crippen LogP contribution in [0.15, 0.2) is 72.8 Å². The molecule has 3 aliphatic rings. The van der Waals surface area contributed by atoms with Crippen molar-refractivity contribution in [3.05, 3.63) is 95.2 Å². The summed E-state index contributed by atoms with van der Waals surface area (Å²) in [5.41, 5.74) is 4.71. The first kappa shape index (κ1) is 25.3. The van der Waals surface area contributed by atoms with Crippen LogP contribution in [0.1, 0.15) is 46.1 Å². The number of fused-ring (bicyclic) bond motifs is 4. The molecule has 4 aromatic rings. The van der Waals surface area contributed by atoms with Crippen molar-refractivity contribution < 1.29 is 23.9 Å². The summed E-state index contributed by atoms with van der Waals surface area (Å²) in [6, 6.07) is 20.7. The maximum absolute atomic E-state index is 14.0. The van der Waals surface area contributed by atoms with Gasteiger partial charge in [0.25, 0.3) is 11.8 Å². The molecule has 0 spiro atoms. The van der Waals surface area contributed by atoms with Gasteiger partial charge in [-0.15, -0.1) is 0 Å². The van der Waals surface area contributed by atoms with Crippen LogP contribution in [0.25, 0.3) is 10.9 Å². The molecule has 0 bridgehead atoms. The van der Waals surface area contributed by atoms with Crippen molar-refractivity contribution in [3.8, 4) is 5.75 Å². The van der Waals surface area contributed by atoms with Gasteiger partial charge in [0.15, 0.2) is 0 Å². The molecule has 2 N–H and O–H groups in total. The molecule has 0 radical (unpaired) electrons. The van der Waals surface area contributed by atoms with Gasteiger partial charge in [-0.25, -0.2) is 9.69 Å². The van der Waals surface area contributed by atoms with Crippen LogP contribution in [-0.2, 0) is 16.0 Å². The van der Waals surface area contributed by atoms with Crippen molar-refractivity contribution in [2.75, 3.05) is 25.2 Å². The van der Waals surface area contributed by atoms with Crippen molar-refractivity contribution in [1.29, 1.82) is 0 Å². The lowest BCUT2D eigenvalue weighted by Crippen LogP contribution is -2.44. The summed E-state index contributed by atoms with van der Waals surface area (Å²) in [6.45, 7) is 1.19. The second-order valence-electron chi connectivity index (χ2n) is 10.7. The minimum absolute atomic E-state index is 0.0470. The van der Waals surface area contributed by atoms with Crippen molar-refractivity contribution in [3.63, 3.8) is 0 Å². The van der Waals surface area contributed by atoms with Crippen LogP contribution in [0.4, 0.5) is 10.5 Å². The number of carbonyl (C=O) groups excluding carboxylic acids is 3. The number of hydrogen-bond donors (Lipinski definition) is 2. The third-order valence-corrected chi connectivity index (χ3v) is 8.38. The molecule has 4 amide bonds. The number of aromatic amines is 1. The highest BCUT2D eigenvalue weighted by Gasteiger charge is 2.53. The van der Waals surface area contributed by atoms with Crippen LogP contribution in [0.3, 0.4) is 0 Å². The molecule has 3 atom stereocenters. The number of benzene rings is 3. The van der Waals surface area contributed by atoms with E-state index in [1.807, 2.05) is 48.5 Å². The molecule has 2 unspecified atom stereocenters. The van der Waals surface area contributed by atoms with Gasteiger partial charge >= 0.3 is 6.03 Å². The molecule has 3 aromatic carbocycles.